The molecule has 0 N–H and O–H groups in total. The molecule has 1 fully saturated rings. The molecular formula is C26H29N3O2S. The number of pyridine rings is 1. The first-order chi connectivity index (χ1) is 15.5. The van der Waals surface area contributed by atoms with Gasteiger partial charge in [0.2, 0.25) is 11.8 Å². The van der Waals surface area contributed by atoms with Gasteiger partial charge in [0.25, 0.3) is 0 Å². The summed E-state index contributed by atoms with van der Waals surface area (Å²) in [4.78, 5) is 35.5. The molecular weight excluding hydrogens is 418 g/mol. The van der Waals surface area contributed by atoms with Crippen molar-refractivity contribution in [2.75, 3.05) is 27.2 Å². The Morgan fingerprint density at radius 2 is 1.91 bits per heavy atom. The van der Waals surface area contributed by atoms with E-state index in [1.165, 1.54) is 10.4 Å². The van der Waals surface area contributed by atoms with Gasteiger partial charge in [0.15, 0.2) is 0 Å². The van der Waals surface area contributed by atoms with E-state index in [-0.39, 0.29) is 18.2 Å². The van der Waals surface area contributed by atoms with Crippen LogP contribution >= 0.6 is 11.3 Å². The van der Waals surface area contributed by atoms with E-state index in [1.807, 2.05) is 23.1 Å². The molecule has 32 heavy (non-hydrogen) atoms. The number of likely N-dealkylation sites (tertiary alicyclic amines) is 1. The highest BCUT2D eigenvalue weighted by molar-refractivity contribution is 7.13. The number of benzene rings is 1. The van der Waals surface area contributed by atoms with Gasteiger partial charge in [0, 0.05) is 44.0 Å². The highest BCUT2D eigenvalue weighted by Gasteiger charge is 2.44. The third-order valence-electron chi connectivity index (χ3n) is 6.15. The van der Waals surface area contributed by atoms with Crippen LogP contribution in [0.25, 0.3) is 10.4 Å². The maximum Gasteiger partial charge on any atom is 0.230 e. The molecule has 0 unspecified atom stereocenters. The van der Waals surface area contributed by atoms with E-state index in [0.717, 1.165) is 24.1 Å². The van der Waals surface area contributed by atoms with Crippen LogP contribution < -0.4 is 0 Å². The maximum absolute atomic E-state index is 13.4. The van der Waals surface area contributed by atoms with Crippen LogP contribution in [0.2, 0.25) is 0 Å². The van der Waals surface area contributed by atoms with E-state index in [9.17, 15) is 9.59 Å². The van der Waals surface area contributed by atoms with E-state index in [1.54, 1.807) is 36.5 Å². The molecule has 2 amide bonds. The monoisotopic (exact) mass is 447 g/mol. The molecule has 3 aromatic rings. The Morgan fingerprint density at radius 3 is 2.56 bits per heavy atom. The molecule has 0 spiro atoms. The summed E-state index contributed by atoms with van der Waals surface area (Å²) < 4.78 is 0. The average Bonchev–Trinajstić information content (AvgIpc) is 3.35. The lowest BCUT2D eigenvalue weighted by molar-refractivity contribution is -0.147. The van der Waals surface area contributed by atoms with E-state index in [2.05, 4.69) is 46.8 Å². The van der Waals surface area contributed by atoms with Crippen molar-refractivity contribution in [1.29, 1.82) is 0 Å². The third kappa shape index (κ3) is 4.91. The first-order valence-electron chi connectivity index (χ1n) is 11.0. The molecule has 1 atom stereocenters. The fourth-order valence-electron chi connectivity index (χ4n) is 4.60. The first kappa shape index (κ1) is 22.2. The first-order valence-corrected chi connectivity index (χ1v) is 11.9. The van der Waals surface area contributed by atoms with Crippen LogP contribution in [0, 0.1) is 5.41 Å². The number of aromatic nitrogens is 1. The Hall–Kier alpha value is -2.99. The van der Waals surface area contributed by atoms with Gasteiger partial charge < -0.3 is 9.80 Å². The number of hydrogen-bond donors (Lipinski definition) is 0. The normalized spacial score (nSPS) is 18.4. The predicted octanol–water partition coefficient (Wildman–Crippen LogP) is 4.29. The highest BCUT2D eigenvalue weighted by atomic mass is 32.1. The van der Waals surface area contributed by atoms with Gasteiger partial charge in [-0.15, -0.1) is 11.3 Å². The van der Waals surface area contributed by atoms with Gasteiger partial charge in [-0.3, -0.25) is 14.6 Å². The Bertz CT molecular complexity index is 1050. The minimum atomic E-state index is -0.605. The van der Waals surface area contributed by atoms with Crippen LogP contribution in [0.5, 0.6) is 0 Å². The number of nitrogens with zero attached hydrogens (tertiary/aromatic N) is 3. The van der Waals surface area contributed by atoms with Crippen LogP contribution in [-0.4, -0.2) is 53.8 Å². The van der Waals surface area contributed by atoms with Crippen molar-refractivity contribution in [1.82, 2.24) is 14.8 Å². The van der Waals surface area contributed by atoms with Crippen molar-refractivity contribution in [3.05, 3.63) is 77.4 Å². The summed E-state index contributed by atoms with van der Waals surface area (Å²) in [6, 6.07) is 18.3. The van der Waals surface area contributed by atoms with Crippen molar-refractivity contribution in [2.45, 2.75) is 25.7 Å². The van der Waals surface area contributed by atoms with Gasteiger partial charge in [-0.25, -0.2) is 0 Å². The van der Waals surface area contributed by atoms with Crippen molar-refractivity contribution < 1.29 is 9.59 Å². The quantitative estimate of drug-likeness (QED) is 0.566. The van der Waals surface area contributed by atoms with Crippen LogP contribution in [-0.2, 0) is 22.4 Å². The molecule has 4 rings (SSSR count). The van der Waals surface area contributed by atoms with Gasteiger partial charge in [-0.05, 0) is 54.0 Å². The van der Waals surface area contributed by atoms with Crippen LogP contribution in [0.3, 0.4) is 0 Å². The highest BCUT2D eigenvalue weighted by Crippen LogP contribution is 2.36. The second-order valence-corrected chi connectivity index (χ2v) is 9.70. The summed E-state index contributed by atoms with van der Waals surface area (Å²) in [5, 5.41) is 2.08. The Kier molecular flexibility index (Phi) is 6.70. The average molecular weight is 448 g/mol. The lowest BCUT2D eigenvalue weighted by Crippen LogP contribution is -2.54. The number of piperidine rings is 1. The molecule has 0 aliphatic carbocycles. The lowest BCUT2D eigenvalue weighted by Gasteiger charge is -2.43. The molecule has 1 aliphatic rings. The number of amides is 2. The third-order valence-corrected chi connectivity index (χ3v) is 7.07. The Balaban J connectivity index is 1.54. The molecule has 1 saturated heterocycles. The zero-order valence-electron chi connectivity index (χ0n) is 18.7. The lowest BCUT2D eigenvalue weighted by atomic mass is 9.73. The second kappa shape index (κ2) is 9.65. The molecule has 0 saturated carbocycles. The molecule has 6 heteroatoms. The van der Waals surface area contributed by atoms with E-state index in [4.69, 9.17) is 0 Å². The molecule has 0 radical (unpaired) electrons. The van der Waals surface area contributed by atoms with Crippen LogP contribution in [0.1, 0.15) is 24.1 Å². The number of carbonyl (C=O) groups is 2. The van der Waals surface area contributed by atoms with E-state index < -0.39 is 5.41 Å². The van der Waals surface area contributed by atoms with E-state index in [0.29, 0.717) is 19.5 Å². The maximum atomic E-state index is 13.4. The molecule has 1 aromatic carbocycles. The van der Waals surface area contributed by atoms with Crippen LogP contribution in [0.4, 0.5) is 0 Å². The van der Waals surface area contributed by atoms with Crippen LogP contribution in [0.15, 0.2) is 66.2 Å². The topological polar surface area (TPSA) is 53.5 Å². The minimum Gasteiger partial charge on any atom is -0.348 e. The predicted molar refractivity (Wildman–Crippen MR) is 128 cm³/mol. The number of rotatable bonds is 6. The number of hydrogen-bond acceptors (Lipinski definition) is 4. The summed E-state index contributed by atoms with van der Waals surface area (Å²) in [6.45, 7) is 1.13. The Labute approximate surface area is 193 Å². The molecule has 5 nitrogen and oxygen atoms in total. The molecule has 1 aliphatic heterocycles. The second-order valence-electron chi connectivity index (χ2n) is 8.75. The fourth-order valence-corrected chi connectivity index (χ4v) is 5.34. The standard InChI is InChI=1S/C26H29N3O2S/c1-28(2)25(31)26(18-20-9-11-21(12-10-20)23-8-5-16-32-23)13-6-15-29(19-26)24(30)17-22-7-3-4-14-27-22/h3-5,7-12,14,16H,6,13,15,17-19H2,1-2H3/t26-/m1/s1. The van der Waals surface area contributed by atoms with Gasteiger partial charge in [0.1, 0.15) is 0 Å². The molecule has 3 heterocycles. The SMILES string of the molecule is CN(C)C(=O)[C@@]1(Cc2ccc(-c3cccs3)cc2)CCCN(C(=O)Cc2ccccn2)C1. The van der Waals surface area contributed by atoms with Gasteiger partial charge >= 0.3 is 0 Å². The van der Waals surface area contributed by atoms with Crippen molar-refractivity contribution >= 4 is 23.2 Å². The zero-order chi connectivity index (χ0) is 22.6. The van der Waals surface area contributed by atoms with Crippen molar-refractivity contribution in [2.24, 2.45) is 5.41 Å². The summed E-state index contributed by atoms with van der Waals surface area (Å²) >= 11 is 1.72. The largest absolute Gasteiger partial charge is 0.348 e. The number of carbonyl (C=O) groups excluding carboxylic acids is 2. The van der Waals surface area contributed by atoms with Gasteiger partial charge in [-0.2, -0.15) is 0 Å². The minimum absolute atomic E-state index is 0.0346. The summed E-state index contributed by atoms with van der Waals surface area (Å²) in [5.74, 6) is 0.127. The molecule has 2 aromatic heterocycles. The van der Waals surface area contributed by atoms with Gasteiger partial charge in [0.05, 0.1) is 11.8 Å². The van der Waals surface area contributed by atoms with E-state index >= 15 is 0 Å². The van der Waals surface area contributed by atoms with Crippen molar-refractivity contribution in [3.8, 4) is 10.4 Å². The summed E-state index contributed by atoms with van der Waals surface area (Å²) in [7, 11) is 3.61. The zero-order valence-corrected chi connectivity index (χ0v) is 19.5. The molecule has 166 valence electrons. The number of thiophene rings is 1. The van der Waals surface area contributed by atoms with Gasteiger partial charge in [-0.1, -0.05) is 36.4 Å². The summed E-state index contributed by atoms with van der Waals surface area (Å²) in [5.41, 5.74) is 2.47. The smallest absolute Gasteiger partial charge is 0.230 e. The fraction of sp³-hybridized carbons (Fsp3) is 0.346. The van der Waals surface area contributed by atoms with Crippen molar-refractivity contribution in [3.63, 3.8) is 0 Å². The summed E-state index contributed by atoms with van der Waals surface area (Å²) in [6.07, 6.45) is 4.20. The Morgan fingerprint density at radius 1 is 1.09 bits per heavy atom. The molecule has 0 bridgehead atoms.